The molecule has 0 unspecified atom stereocenters. The van der Waals surface area contributed by atoms with Crippen molar-refractivity contribution in [1.29, 1.82) is 0 Å². The average Bonchev–Trinajstić information content (AvgIpc) is 2.58. The molecule has 0 radical (unpaired) electrons. The fourth-order valence-corrected chi connectivity index (χ4v) is 1.95. The van der Waals surface area contributed by atoms with E-state index in [0.717, 1.165) is 5.56 Å². The molecule has 0 spiro atoms. The lowest BCUT2D eigenvalue weighted by atomic mass is 10.0. The van der Waals surface area contributed by atoms with Gasteiger partial charge in [0.15, 0.2) is 0 Å². The van der Waals surface area contributed by atoms with Gasteiger partial charge in [-0.3, -0.25) is 9.69 Å². The Morgan fingerprint density at radius 2 is 2.06 bits per heavy atom. The molecule has 1 fully saturated rings. The molecule has 90 valence electrons. The number of hydrogen-bond donors (Lipinski definition) is 1. The van der Waals surface area contributed by atoms with E-state index in [4.69, 9.17) is 9.84 Å². The summed E-state index contributed by atoms with van der Waals surface area (Å²) in [5.74, 6) is -1.04. The number of aliphatic carboxylic acids is 1. The van der Waals surface area contributed by atoms with Crippen LogP contribution in [0.3, 0.4) is 0 Å². The Kier molecular flexibility index (Phi) is 2.99. The van der Waals surface area contributed by atoms with Crippen LogP contribution in [0.5, 0.6) is 0 Å². The first-order valence-corrected chi connectivity index (χ1v) is 5.33. The molecule has 0 aliphatic carbocycles. The van der Waals surface area contributed by atoms with E-state index in [1.165, 1.54) is 4.90 Å². The van der Waals surface area contributed by atoms with Crippen molar-refractivity contribution in [2.75, 3.05) is 6.54 Å². The summed E-state index contributed by atoms with van der Waals surface area (Å²) in [4.78, 5) is 23.4. The van der Waals surface area contributed by atoms with Gasteiger partial charge in [-0.2, -0.15) is 0 Å². The number of ether oxygens (including phenoxy) is 1. The minimum atomic E-state index is -1.04. The molecule has 1 saturated heterocycles. The lowest BCUT2D eigenvalue weighted by molar-refractivity contribution is -0.137. The van der Waals surface area contributed by atoms with Crippen molar-refractivity contribution in [3.63, 3.8) is 0 Å². The van der Waals surface area contributed by atoms with Gasteiger partial charge in [-0.05, 0) is 12.5 Å². The van der Waals surface area contributed by atoms with Crippen LogP contribution in [0.25, 0.3) is 0 Å². The predicted octanol–water partition coefficient (Wildman–Crippen LogP) is 1.65. The second-order valence-electron chi connectivity index (χ2n) is 3.98. The second-order valence-corrected chi connectivity index (χ2v) is 3.98. The first kappa shape index (κ1) is 11.4. The van der Waals surface area contributed by atoms with Gasteiger partial charge < -0.3 is 9.84 Å². The molecule has 2 rings (SSSR count). The first-order chi connectivity index (χ1) is 8.09. The van der Waals surface area contributed by atoms with Crippen molar-refractivity contribution in [2.24, 2.45) is 0 Å². The Balaban J connectivity index is 2.18. The van der Waals surface area contributed by atoms with Crippen molar-refractivity contribution in [3.8, 4) is 0 Å². The van der Waals surface area contributed by atoms with Crippen LogP contribution in [0.2, 0.25) is 0 Å². The molecule has 2 atom stereocenters. The van der Waals surface area contributed by atoms with Crippen molar-refractivity contribution in [1.82, 2.24) is 4.90 Å². The molecule has 1 aromatic carbocycles. The summed E-state index contributed by atoms with van der Waals surface area (Å²) in [7, 11) is 0. The highest BCUT2D eigenvalue weighted by Crippen LogP contribution is 2.31. The van der Waals surface area contributed by atoms with Gasteiger partial charge in [-0.1, -0.05) is 30.3 Å². The number of carboxylic acids is 1. The monoisotopic (exact) mass is 235 g/mol. The van der Waals surface area contributed by atoms with E-state index in [-0.39, 0.29) is 12.6 Å². The van der Waals surface area contributed by atoms with Crippen molar-refractivity contribution in [3.05, 3.63) is 35.9 Å². The topological polar surface area (TPSA) is 66.8 Å². The molecule has 1 aliphatic rings. The highest BCUT2D eigenvalue weighted by atomic mass is 16.6. The lowest BCUT2D eigenvalue weighted by Crippen LogP contribution is -2.36. The maximum Gasteiger partial charge on any atom is 0.411 e. The molecule has 0 bridgehead atoms. The van der Waals surface area contributed by atoms with E-state index in [1.54, 1.807) is 6.92 Å². The summed E-state index contributed by atoms with van der Waals surface area (Å²) in [5, 5.41) is 8.72. The molecule has 1 heterocycles. The highest BCUT2D eigenvalue weighted by molar-refractivity contribution is 5.78. The molecule has 5 nitrogen and oxygen atoms in total. The molecule has 1 aromatic rings. The molecule has 1 N–H and O–H groups in total. The zero-order valence-corrected chi connectivity index (χ0v) is 9.37. The minimum Gasteiger partial charge on any atom is -0.480 e. The Morgan fingerprint density at radius 1 is 1.41 bits per heavy atom. The fraction of sp³-hybridized carbons (Fsp3) is 0.333. The number of carboxylic acid groups (broad SMARTS) is 1. The second kappa shape index (κ2) is 4.45. The van der Waals surface area contributed by atoms with Crippen LogP contribution in [0.4, 0.5) is 4.79 Å². The summed E-state index contributed by atoms with van der Waals surface area (Å²) in [6, 6.07) is 9.03. The van der Waals surface area contributed by atoms with Gasteiger partial charge in [0.05, 0.1) is 6.04 Å². The number of amides is 1. The number of cyclic esters (lactones) is 1. The van der Waals surface area contributed by atoms with Crippen LogP contribution in [0.15, 0.2) is 30.3 Å². The van der Waals surface area contributed by atoms with Crippen LogP contribution in [0.1, 0.15) is 18.6 Å². The van der Waals surface area contributed by atoms with Crippen molar-refractivity contribution >= 4 is 12.1 Å². The average molecular weight is 235 g/mol. The molecule has 0 aromatic heterocycles. The van der Waals surface area contributed by atoms with E-state index >= 15 is 0 Å². The van der Waals surface area contributed by atoms with E-state index in [9.17, 15) is 9.59 Å². The smallest absolute Gasteiger partial charge is 0.411 e. The largest absolute Gasteiger partial charge is 0.480 e. The van der Waals surface area contributed by atoms with Gasteiger partial charge in [0.2, 0.25) is 0 Å². The predicted molar refractivity (Wildman–Crippen MR) is 59.5 cm³/mol. The van der Waals surface area contributed by atoms with Gasteiger partial charge in [0, 0.05) is 0 Å². The maximum atomic E-state index is 11.5. The number of hydrogen-bond acceptors (Lipinski definition) is 3. The third-order valence-electron chi connectivity index (χ3n) is 2.83. The standard InChI is InChI=1S/C12H13NO4/c1-8-11(9-5-3-2-4-6-9)17-12(16)13(8)7-10(14)15/h2-6,8,11H,7H2,1H3,(H,14,15)/t8-,11+/m1/s1. The normalized spacial score (nSPS) is 23.6. The van der Waals surface area contributed by atoms with E-state index < -0.39 is 18.2 Å². The molecular formula is C12H13NO4. The zero-order chi connectivity index (χ0) is 12.4. The molecule has 1 amide bonds. The third kappa shape index (κ3) is 2.22. The molecule has 17 heavy (non-hydrogen) atoms. The summed E-state index contributed by atoms with van der Waals surface area (Å²) < 4.78 is 5.20. The van der Waals surface area contributed by atoms with E-state index in [1.807, 2.05) is 30.3 Å². The van der Waals surface area contributed by atoms with Gasteiger partial charge in [0.1, 0.15) is 12.6 Å². The summed E-state index contributed by atoms with van der Waals surface area (Å²) in [5.41, 5.74) is 0.876. The maximum absolute atomic E-state index is 11.5. The van der Waals surface area contributed by atoms with Crippen LogP contribution in [0, 0.1) is 0 Å². The Bertz CT molecular complexity index is 431. The highest BCUT2D eigenvalue weighted by Gasteiger charge is 2.40. The van der Waals surface area contributed by atoms with Gasteiger partial charge in [0.25, 0.3) is 0 Å². The fourth-order valence-electron chi connectivity index (χ4n) is 1.95. The lowest BCUT2D eigenvalue weighted by Gasteiger charge is -2.18. The van der Waals surface area contributed by atoms with Gasteiger partial charge >= 0.3 is 12.1 Å². The summed E-state index contributed by atoms with van der Waals surface area (Å²) >= 11 is 0. The molecule has 5 heteroatoms. The van der Waals surface area contributed by atoms with Crippen LogP contribution in [-0.2, 0) is 9.53 Å². The van der Waals surface area contributed by atoms with Crippen molar-refractivity contribution in [2.45, 2.75) is 19.1 Å². The number of carbonyl (C=O) groups is 2. The first-order valence-electron chi connectivity index (χ1n) is 5.33. The van der Waals surface area contributed by atoms with E-state index in [0.29, 0.717) is 0 Å². The van der Waals surface area contributed by atoms with Gasteiger partial charge in [-0.15, -0.1) is 0 Å². The molecule has 0 saturated carbocycles. The SMILES string of the molecule is C[C@@H]1[C@@H](c2ccccc2)OC(=O)N1CC(=O)O. The summed E-state index contributed by atoms with van der Waals surface area (Å²) in [6.07, 6.45) is -0.975. The quantitative estimate of drug-likeness (QED) is 0.865. The van der Waals surface area contributed by atoms with Crippen LogP contribution >= 0.6 is 0 Å². The van der Waals surface area contributed by atoms with Crippen LogP contribution in [-0.4, -0.2) is 34.7 Å². The Labute approximate surface area is 98.6 Å². The number of benzene rings is 1. The third-order valence-corrected chi connectivity index (χ3v) is 2.83. The van der Waals surface area contributed by atoms with Crippen molar-refractivity contribution < 1.29 is 19.4 Å². The minimum absolute atomic E-state index is 0.277. The number of carbonyl (C=O) groups excluding carboxylic acids is 1. The molecule has 1 aliphatic heterocycles. The Morgan fingerprint density at radius 3 is 2.65 bits per heavy atom. The molecular weight excluding hydrogens is 222 g/mol. The zero-order valence-electron chi connectivity index (χ0n) is 9.37. The number of rotatable bonds is 3. The Hall–Kier alpha value is -2.04. The summed E-state index contributed by atoms with van der Waals surface area (Å²) in [6.45, 7) is 1.45. The van der Waals surface area contributed by atoms with E-state index in [2.05, 4.69) is 0 Å². The number of nitrogens with zero attached hydrogens (tertiary/aromatic N) is 1. The van der Waals surface area contributed by atoms with Crippen LogP contribution < -0.4 is 0 Å². The van der Waals surface area contributed by atoms with Gasteiger partial charge in [-0.25, -0.2) is 4.79 Å².